The highest BCUT2D eigenvalue weighted by Gasteiger charge is 2.33. The van der Waals surface area contributed by atoms with E-state index in [-0.39, 0.29) is 16.9 Å². The molecule has 10 heteroatoms. The van der Waals surface area contributed by atoms with Crippen molar-refractivity contribution in [3.05, 3.63) is 46.2 Å². The van der Waals surface area contributed by atoms with E-state index in [2.05, 4.69) is 10.4 Å². The smallest absolute Gasteiger partial charge is 0.417 e. The second kappa shape index (κ2) is 5.92. The van der Waals surface area contributed by atoms with E-state index in [4.69, 9.17) is 16.7 Å². The number of aryl methyl sites for hydroxylation is 1. The van der Waals surface area contributed by atoms with Crippen molar-refractivity contribution in [1.29, 1.82) is 0 Å². The predicted molar refractivity (Wildman–Crippen MR) is 74.6 cm³/mol. The lowest BCUT2D eigenvalue weighted by Crippen LogP contribution is -2.17. The number of carbonyl (C=O) groups excluding carboxylic acids is 1. The molecule has 0 bridgehead atoms. The Bertz CT molecular complexity index is 787. The highest BCUT2D eigenvalue weighted by molar-refractivity contribution is 6.31. The first kappa shape index (κ1) is 16.8. The number of nitrogens with one attached hydrogen (secondary N) is 1. The number of carbonyl (C=O) groups is 2. The molecular formula is C13H9ClF3N3O3. The first-order chi connectivity index (χ1) is 10.6. The van der Waals surface area contributed by atoms with E-state index in [0.29, 0.717) is 6.07 Å². The topological polar surface area (TPSA) is 84.2 Å². The maximum Gasteiger partial charge on any atom is 0.417 e. The van der Waals surface area contributed by atoms with Crippen molar-refractivity contribution in [3.8, 4) is 0 Å². The number of halogens is 4. The van der Waals surface area contributed by atoms with Crippen LogP contribution in [0.1, 0.15) is 26.4 Å². The lowest BCUT2D eigenvalue weighted by molar-refractivity contribution is -0.137. The van der Waals surface area contributed by atoms with Crippen LogP contribution in [0.2, 0.25) is 5.02 Å². The summed E-state index contributed by atoms with van der Waals surface area (Å²) in [6.45, 7) is 0. The Morgan fingerprint density at radius 1 is 1.35 bits per heavy atom. The number of hydrogen-bond acceptors (Lipinski definition) is 3. The summed E-state index contributed by atoms with van der Waals surface area (Å²) >= 11 is 5.48. The van der Waals surface area contributed by atoms with Crippen molar-refractivity contribution in [1.82, 2.24) is 9.78 Å². The van der Waals surface area contributed by atoms with Gasteiger partial charge in [-0.1, -0.05) is 11.6 Å². The minimum atomic E-state index is -4.68. The van der Waals surface area contributed by atoms with Gasteiger partial charge >= 0.3 is 12.1 Å². The number of hydrogen-bond donors (Lipinski definition) is 2. The van der Waals surface area contributed by atoms with E-state index < -0.39 is 28.6 Å². The van der Waals surface area contributed by atoms with Gasteiger partial charge in [0, 0.05) is 12.7 Å². The summed E-state index contributed by atoms with van der Waals surface area (Å²) in [6, 6.07) is 2.82. The molecule has 0 spiro atoms. The summed E-state index contributed by atoms with van der Waals surface area (Å²) in [5, 5.41) is 14.4. The summed E-state index contributed by atoms with van der Waals surface area (Å²) in [4.78, 5) is 23.1. The summed E-state index contributed by atoms with van der Waals surface area (Å²) < 4.78 is 39.3. The fraction of sp³-hybridized carbons (Fsp3) is 0.154. The average molecular weight is 348 g/mol. The minimum Gasteiger partial charge on any atom is -0.477 e. The number of nitrogens with zero attached hydrogens (tertiary/aromatic N) is 2. The molecule has 0 fully saturated rings. The molecular weight excluding hydrogens is 339 g/mol. The molecule has 0 aliphatic rings. The number of rotatable bonds is 3. The highest BCUT2D eigenvalue weighted by atomic mass is 35.5. The average Bonchev–Trinajstić information content (AvgIpc) is 2.81. The van der Waals surface area contributed by atoms with E-state index in [1.54, 1.807) is 0 Å². The molecule has 1 aromatic carbocycles. The van der Waals surface area contributed by atoms with Gasteiger partial charge in [0.2, 0.25) is 0 Å². The molecule has 0 saturated heterocycles. The van der Waals surface area contributed by atoms with Gasteiger partial charge in [-0.25, -0.2) is 4.79 Å². The largest absolute Gasteiger partial charge is 0.477 e. The Morgan fingerprint density at radius 3 is 2.57 bits per heavy atom. The van der Waals surface area contributed by atoms with E-state index in [9.17, 15) is 22.8 Å². The molecule has 1 aromatic heterocycles. The third kappa shape index (κ3) is 3.45. The summed E-state index contributed by atoms with van der Waals surface area (Å²) in [7, 11) is 1.32. The second-order valence-corrected chi connectivity index (χ2v) is 4.89. The maximum absolute atomic E-state index is 12.8. The van der Waals surface area contributed by atoms with Gasteiger partial charge in [0.05, 0.1) is 22.3 Å². The Labute approximate surface area is 132 Å². The van der Waals surface area contributed by atoms with Gasteiger partial charge in [-0.3, -0.25) is 9.48 Å². The van der Waals surface area contributed by atoms with Gasteiger partial charge in [-0.2, -0.15) is 18.3 Å². The van der Waals surface area contributed by atoms with Crippen LogP contribution in [0.4, 0.5) is 18.9 Å². The zero-order chi connectivity index (χ0) is 17.4. The van der Waals surface area contributed by atoms with Crippen molar-refractivity contribution in [2.75, 3.05) is 5.32 Å². The fourth-order valence-electron chi connectivity index (χ4n) is 1.88. The van der Waals surface area contributed by atoms with Crippen LogP contribution in [0.3, 0.4) is 0 Å². The standard InChI is InChI=1S/C13H9ClF3N3O3/c1-20-10(12(22)23)7(5-18-20)11(21)19-6-2-3-9(14)8(4-6)13(15,16)17/h2-5H,1H3,(H,19,21)(H,22,23). The molecule has 2 N–H and O–H groups in total. The van der Waals surface area contributed by atoms with Gasteiger partial charge in [0.25, 0.3) is 5.91 Å². The lowest BCUT2D eigenvalue weighted by atomic mass is 10.1. The molecule has 2 aromatic rings. The Hall–Kier alpha value is -2.55. The number of benzene rings is 1. The molecule has 6 nitrogen and oxygen atoms in total. The molecule has 0 radical (unpaired) electrons. The summed E-state index contributed by atoms with van der Waals surface area (Å²) in [5.74, 6) is -2.28. The number of carboxylic acid groups (broad SMARTS) is 1. The number of alkyl halides is 3. The molecule has 1 heterocycles. The highest BCUT2D eigenvalue weighted by Crippen LogP contribution is 2.36. The SMILES string of the molecule is Cn1ncc(C(=O)Nc2ccc(Cl)c(C(F)(F)F)c2)c1C(=O)O. The number of aromatic carboxylic acids is 1. The Kier molecular flexibility index (Phi) is 4.33. The number of amides is 1. The number of carboxylic acids is 1. The molecule has 0 aliphatic carbocycles. The minimum absolute atomic E-state index is 0.174. The normalized spacial score (nSPS) is 11.3. The van der Waals surface area contributed by atoms with E-state index in [1.807, 2.05) is 0 Å². The predicted octanol–water partition coefficient (Wildman–Crippen LogP) is 3.04. The van der Waals surface area contributed by atoms with Crippen LogP contribution in [0.5, 0.6) is 0 Å². The van der Waals surface area contributed by atoms with Crippen LogP contribution in [0, 0.1) is 0 Å². The van der Waals surface area contributed by atoms with Gasteiger partial charge in [-0.05, 0) is 18.2 Å². The zero-order valence-corrected chi connectivity index (χ0v) is 12.2. The molecule has 0 aliphatic heterocycles. The molecule has 122 valence electrons. The Balaban J connectivity index is 2.33. The van der Waals surface area contributed by atoms with E-state index >= 15 is 0 Å². The molecule has 1 amide bonds. The lowest BCUT2D eigenvalue weighted by Gasteiger charge is -2.11. The fourth-order valence-corrected chi connectivity index (χ4v) is 2.10. The van der Waals surface area contributed by atoms with Crippen molar-refractivity contribution in [3.63, 3.8) is 0 Å². The summed E-state index contributed by atoms with van der Waals surface area (Å²) in [6.07, 6.45) is -3.67. The third-order valence-electron chi connectivity index (χ3n) is 2.92. The molecule has 0 saturated carbocycles. The number of aromatic nitrogens is 2. The van der Waals surface area contributed by atoms with Crippen molar-refractivity contribution >= 4 is 29.2 Å². The zero-order valence-electron chi connectivity index (χ0n) is 11.5. The second-order valence-electron chi connectivity index (χ2n) is 4.48. The van der Waals surface area contributed by atoms with Crippen molar-refractivity contribution < 1.29 is 27.9 Å². The maximum atomic E-state index is 12.8. The first-order valence-corrected chi connectivity index (χ1v) is 6.42. The van der Waals surface area contributed by atoms with E-state index in [0.717, 1.165) is 16.9 Å². The third-order valence-corrected chi connectivity index (χ3v) is 3.25. The summed E-state index contributed by atoms with van der Waals surface area (Å²) in [5.41, 5.74) is -1.94. The van der Waals surface area contributed by atoms with Crippen LogP contribution in [0.25, 0.3) is 0 Å². The van der Waals surface area contributed by atoms with Crippen molar-refractivity contribution in [2.45, 2.75) is 6.18 Å². The van der Waals surface area contributed by atoms with Crippen molar-refractivity contribution in [2.24, 2.45) is 7.05 Å². The van der Waals surface area contributed by atoms with Crippen LogP contribution in [-0.2, 0) is 13.2 Å². The molecule has 23 heavy (non-hydrogen) atoms. The quantitative estimate of drug-likeness (QED) is 0.893. The molecule has 2 rings (SSSR count). The first-order valence-electron chi connectivity index (χ1n) is 6.04. The van der Waals surface area contributed by atoms with Gasteiger partial charge in [0.15, 0.2) is 5.69 Å². The Morgan fingerprint density at radius 2 is 2.00 bits per heavy atom. The van der Waals surface area contributed by atoms with Gasteiger partial charge < -0.3 is 10.4 Å². The monoisotopic (exact) mass is 347 g/mol. The van der Waals surface area contributed by atoms with Crippen LogP contribution in [0.15, 0.2) is 24.4 Å². The van der Waals surface area contributed by atoms with Crippen LogP contribution < -0.4 is 5.32 Å². The van der Waals surface area contributed by atoms with Crippen LogP contribution >= 0.6 is 11.6 Å². The van der Waals surface area contributed by atoms with Gasteiger partial charge in [0.1, 0.15) is 0 Å². The number of anilines is 1. The molecule has 0 atom stereocenters. The van der Waals surface area contributed by atoms with E-state index in [1.165, 1.54) is 13.1 Å². The molecule has 0 unspecified atom stereocenters. The van der Waals surface area contributed by atoms with Gasteiger partial charge in [-0.15, -0.1) is 0 Å². The van der Waals surface area contributed by atoms with Crippen LogP contribution in [-0.4, -0.2) is 26.8 Å².